The molecule has 0 radical (unpaired) electrons. The molecule has 0 aromatic rings. The van der Waals surface area contributed by atoms with E-state index in [2.05, 4.69) is 53.8 Å². The van der Waals surface area contributed by atoms with Crippen molar-refractivity contribution in [2.45, 2.75) is 41.5 Å². The Morgan fingerprint density at radius 2 is 2.00 bits per heavy atom. The van der Waals surface area contributed by atoms with Gasteiger partial charge < -0.3 is 0 Å². The van der Waals surface area contributed by atoms with Crippen molar-refractivity contribution >= 4 is 8.07 Å². The van der Waals surface area contributed by atoms with E-state index < -0.39 is 24.1 Å². The first kappa shape index (κ1) is 13.2. The molecule has 0 amide bonds. The summed E-state index contributed by atoms with van der Waals surface area (Å²) >= 11 is -1.54. The van der Waals surface area contributed by atoms with Crippen LogP contribution in [0.25, 0.3) is 0 Å². The van der Waals surface area contributed by atoms with Crippen LogP contribution in [0.4, 0.5) is 0 Å². The van der Waals surface area contributed by atoms with Crippen molar-refractivity contribution in [1.29, 1.82) is 0 Å². The van der Waals surface area contributed by atoms with Crippen LogP contribution in [0.1, 0.15) is 6.42 Å². The van der Waals surface area contributed by atoms with E-state index in [1.54, 1.807) is 5.20 Å². The zero-order valence-electron chi connectivity index (χ0n) is 10.7. The molecule has 0 aromatic heterocycles. The van der Waals surface area contributed by atoms with Gasteiger partial charge >= 0.3 is 99.6 Å². The molecule has 0 bridgehead atoms. The molecule has 0 nitrogen and oxygen atoms in total. The van der Waals surface area contributed by atoms with E-state index >= 15 is 0 Å². The van der Waals surface area contributed by atoms with Crippen LogP contribution in [0.5, 0.6) is 0 Å². The maximum atomic E-state index is 3.91. The molecule has 2 heteroatoms. The Morgan fingerprint density at radius 1 is 1.40 bits per heavy atom. The molecule has 1 aliphatic rings. The number of rotatable bonds is 4. The second kappa shape index (κ2) is 4.55. The zero-order chi connectivity index (χ0) is 11.7. The van der Waals surface area contributed by atoms with Crippen molar-refractivity contribution < 1.29 is 16.1 Å². The summed E-state index contributed by atoms with van der Waals surface area (Å²) < 4.78 is 1.83. The Kier molecular flexibility index (Phi) is 4.00. The van der Waals surface area contributed by atoms with E-state index in [0.717, 1.165) is 0 Å². The van der Waals surface area contributed by atoms with Gasteiger partial charge in [-0.3, -0.25) is 0 Å². The SMILES string of the molecule is C=CC[Si](C)(C)C1=[C]([Pt]([CH3])([CH3])[CH3])CC=C1. The fourth-order valence-electron chi connectivity index (χ4n) is 1.96. The van der Waals surface area contributed by atoms with Crippen LogP contribution in [-0.2, 0) is 16.1 Å². The van der Waals surface area contributed by atoms with Crippen LogP contribution in [0, 0.1) is 0 Å². The van der Waals surface area contributed by atoms with Gasteiger partial charge in [0.1, 0.15) is 0 Å². The first-order chi connectivity index (χ1) is 6.79. The van der Waals surface area contributed by atoms with Gasteiger partial charge in [0.25, 0.3) is 0 Å². The summed E-state index contributed by atoms with van der Waals surface area (Å²) in [6, 6.07) is 1.22. The molecule has 90 valence electrons. The second-order valence-electron chi connectivity index (χ2n) is 5.19. The molecule has 0 aliphatic heterocycles. The van der Waals surface area contributed by atoms with Crippen LogP contribution >= 0.6 is 0 Å². The molecule has 15 heavy (non-hydrogen) atoms. The van der Waals surface area contributed by atoms with Crippen LogP contribution in [0.15, 0.2) is 34.0 Å². The quantitative estimate of drug-likeness (QED) is 0.461. The molecule has 0 aromatic carbocycles. The Hall–Kier alpha value is 0.125. The molecular formula is C13H24PtSi. The van der Waals surface area contributed by atoms with Crippen molar-refractivity contribution in [3.63, 3.8) is 0 Å². The van der Waals surface area contributed by atoms with Gasteiger partial charge in [0.2, 0.25) is 0 Å². The molecule has 1 rings (SSSR count). The molecule has 0 fully saturated rings. The normalized spacial score (nSPS) is 18.5. The van der Waals surface area contributed by atoms with Crippen molar-refractivity contribution in [3.8, 4) is 0 Å². The first-order valence-electron chi connectivity index (χ1n) is 5.16. The maximum absolute atomic E-state index is 3.91. The fraction of sp³-hybridized carbons (Fsp3) is 0.538. The van der Waals surface area contributed by atoms with Gasteiger partial charge in [0.15, 0.2) is 0 Å². The summed E-state index contributed by atoms with van der Waals surface area (Å²) in [5, 5.41) is 9.27. The van der Waals surface area contributed by atoms with E-state index in [0.29, 0.717) is 0 Å². The fourth-order valence-corrected chi connectivity index (χ4v) is 12.2. The van der Waals surface area contributed by atoms with Crippen LogP contribution in [0.3, 0.4) is 0 Å². The third-order valence-electron chi connectivity index (χ3n) is 2.80. The van der Waals surface area contributed by atoms with E-state index in [4.69, 9.17) is 0 Å². The van der Waals surface area contributed by atoms with Crippen molar-refractivity contribution in [2.75, 3.05) is 0 Å². The van der Waals surface area contributed by atoms with Crippen LogP contribution < -0.4 is 0 Å². The third-order valence-corrected chi connectivity index (χ3v) is 11.7. The number of hydrogen-bond acceptors (Lipinski definition) is 0. The Bertz CT molecular complexity index is 316. The van der Waals surface area contributed by atoms with Gasteiger partial charge in [-0.25, -0.2) is 0 Å². The summed E-state index contributed by atoms with van der Waals surface area (Å²) in [5.41, 5.74) is 0. The monoisotopic (exact) mass is 403 g/mol. The summed E-state index contributed by atoms with van der Waals surface area (Å²) in [4.78, 5) is 0. The van der Waals surface area contributed by atoms with Gasteiger partial charge in [0, 0.05) is 0 Å². The summed E-state index contributed by atoms with van der Waals surface area (Å²) in [5.74, 6) is 0. The first-order valence-corrected chi connectivity index (χ1v) is 16.3. The molecule has 0 spiro atoms. The van der Waals surface area contributed by atoms with Crippen LogP contribution in [0.2, 0.25) is 35.1 Å². The Balaban J connectivity index is 3.10. The molecule has 0 saturated carbocycles. The Labute approximate surface area is 99.4 Å². The second-order valence-corrected chi connectivity index (χ2v) is 21.5. The third kappa shape index (κ3) is 3.04. The van der Waals surface area contributed by atoms with E-state index in [1.807, 2.05) is 3.96 Å². The number of hydrogen-bond donors (Lipinski definition) is 0. The molecule has 0 atom stereocenters. The van der Waals surface area contributed by atoms with Crippen LogP contribution in [-0.4, -0.2) is 8.07 Å². The molecular weight excluding hydrogens is 379 g/mol. The van der Waals surface area contributed by atoms with Crippen molar-refractivity contribution in [1.82, 2.24) is 0 Å². The Morgan fingerprint density at radius 3 is 2.47 bits per heavy atom. The predicted molar refractivity (Wildman–Crippen MR) is 70.9 cm³/mol. The van der Waals surface area contributed by atoms with E-state index in [9.17, 15) is 0 Å². The minimum atomic E-state index is -1.54. The minimum absolute atomic E-state index is 1.22. The van der Waals surface area contributed by atoms with Crippen molar-refractivity contribution in [2.24, 2.45) is 0 Å². The molecule has 0 heterocycles. The van der Waals surface area contributed by atoms with E-state index in [1.165, 1.54) is 12.5 Å². The predicted octanol–water partition coefficient (Wildman–Crippen LogP) is 4.93. The molecule has 1 aliphatic carbocycles. The van der Waals surface area contributed by atoms with E-state index in [-0.39, 0.29) is 0 Å². The molecule has 0 saturated heterocycles. The average molecular weight is 403 g/mol. The standard InChI is InChI=1S/C10H15Si.3CH3.Pt/c1-4-9-11(2,3)10-7-5-6-8-10;;;;/h4-5,7H,1,6,9H2,2-3H3;3*1H3;. The van der Waals surface area contributed by atoms with Crippen molar-refractivity contribution in [3.05, 3.63) is 34.0 Å². The average Bonchev–Trinajstić information content (AvgIpc) is 2.49. The topological polar surface area (TPSA) is 0 Å². The summed E-state index contributed by atoms with van der Waals surface area (Å²) in [7, 11) is -1.22. The van der Waals surface area contributed by atoms with Gasteiger partial charge in [0.05, 0.1) is 0 Å². The van der Waals surface area contributed by atoms with Gasteiger partial charge in [-0.2, -0.15) is 0 Å². The summed E-state index contributed by atoms with van der Waals surface area (Å²) in [6.45, 7) is 8.86. The number of allylic oxidation sites excluding steroid dienone is 5. The van der Waals surface area contributed by atoms with Gasteiger partial charge in [-0.05, 0) is 0 Å². The molecule has 0 unspecified atom stereocenters. The van der Waals surface area contributed by atoms with Gasteiger partial charge in [-0.15, -0.1) is 0 Å². The zero-order valence-corrected chi connectivity index (χ0v) is 13.9. The summed E-state index contributed by atoms with van der Waals surface area (Å²) in [6.07, 6.45) is 8.14. The molecule has 0 N–H and O–H groups in total. The van der Waals surface area contributed by atoms with Gasteiger partial charge in [-0.1, -0.05) is 0 Å².